The molecule has 4 nitrogen and oxygen atoms in total. The number of ketones is 1. The second-order valence-corrected chi connectivity index (χ2v) is 6.23. The van der Waals surface area contributed by atoms with Gasteiger partial charge in [-0.05, 0) is 42.0 Å². The SMILES string of the molecule is COc1ccc(C(Nc2ccccc2)C(=O)c2cc3ccccc3o2)cc1. The number of methoxy groups -OCH3 is 1. The summed E-state index contributed by atoms with van der Waals surface area (Å²) in [6.45, 7) is 0. The minimum absolute atomic E-state index is 0.125. The van der Waals surface area contributed by atoms with Gasteiger partial charge in [0.2, 0.25) is 5.78 Å². The first-order valence-corrected chi connectivity index (χ1v) is 8.73. The van der Waals surface area contributed by atoms with E-state index in [1.165, 1.54) is 0 Å². The molecule has 0 aliphatic rings. The largest absolute Gasteiger partial charge is 0.497 e. The molecule has 0 saturated heterocycles. The molecule has 4 rings (SSSR count). The van der Waals surface area contributed by atoms with Gasteiger partial charge >= 0.3 is 0 Å². The maximum atomic E-state index is 13.3. The average Bonchev–Trinajstić information content (AvgIpc) is 3.17. The van der Waals surface area contributed by atoms with Crippen molar-refractivity contribution in [1.29, 1.82) is 0 Å². The lowest BCUT2D eigenvalue weighted by Gasteiger charge is -2.18. The Bertz CT molecular complexity index is 1020. The van der Waals surface area contributed by atoms with Crippen LogP contribution in [0.1, 0.15) is 22.2 Å². The lowest BCUT2D eigenvalue weighted by atomic mass is 10.00. The van der Waals surface area contributed by atoms with Gasteiger partial charge in [0.25, 0.3) is 0 Å². The highest BCUT2D eigenvalue weighted by atomic mass is 16.5. The smallest absolute Gasteiger partial charge is 0.224 e. The number of carbonyl (C=O) groups is 1. The number of fused-ring (bicyclic) bond motifs is 1. The lowest BCUT2D eigenvalue weighted by Crippen LogP contribution is -2.21. The Hall–Kier alpha value is -3.53. The van der Waals surface area contributed by atoms with Gasteiger partial charge in [-0.3, -0.25) is 4.79 Å². The molecule has 1 aromatic heterocycles. The molecule has 0 saturated carbocycles. The van der Waals surface area contributed by atoms with Gasteiger partial charge in [0, 0.05) is 11.1 Å². The number of benzene rings is 3. The number of ether oxygens (including phenoxy) is 1. The summed E-state index contributed by atoms with van der Waals surface area (Å²) in [6, 6.07) is 26.0. The van der Waals surface area contributed by atoms with Gasteiger partial charge < -0.3 is 14.5 Å². The van der Waals surface area contributed by atoms with Gasteiger partial charge in [0.05, 0.1) is 7.11 Å². The van der Waals surface area contributed by atoms with Crippen LogP contribution in [-0.4, -0.2) is 12.9 Å². The predicted molar refractivity (Wildman–Crippen MR) is 106 cm³/mol. The zero-order chi connectivity index (χ0) is 18.6. The molecule has 4 heteroatoms. The van der Waals surface area contributed by atoms with Crippen molar-refractivity contribution in [2.24, 2.45) is 0 Å². The van der Waals surface area contributed by atoms with Gasteiger partial charge in [-0.1, -0.05) is 48.5 Å². The van der Waals surface area contributed by atoms with Gasteiger partial charge in [0.15, 0.2) is 5.76 Å². The van der Waals surface area contributed by atoms with Crippen LogP contribution in [0.3, 0.4) is 0 Å². The molecule has 0 aliphatic carbocycles. The van der Waals surface area contributed by atoms with Gasteiger partial charge in [-0.2, -0.15) is 0 Å². The third-order valence-corrected chi connectivity index (χ3v) is 4.46. The fraction of sp³-hybridized carbons (Fsp3) is 0.0870. The van der Waals surface area contributed by atoms with Crippen LogP contribution in [0, 0.1) is 0 Å². The van der Waals surface area contributed by atoms with Crippen molar-refractivity contribution in [2.45, 2.75) is 6.04 Å². The molecule has 1 unspecified atom stereocenters. The van der Waals surface area contributed by atoms with Crippen molar-refractivity contribution in [2.75, 3.05) is 12.4 Å². The second kappa shape index (κ2) is 7.38. The van der Waals surface area contributed by atoms with Crippen LogP contribution in [0.25, 0.3) is 11.0 Å². The third-order valence-electron chi connectivity index (χ3n) is 4.46. The molecule has 134 valence electrons. The standard InChI is InChI=1S/C23H19NO3/c1-26-19-13-11-16(12-14-19)22(24-18-8-3-2-4-9-18)23(25)21-15-17-7-5-6-10-20(17)27-21/h2-15,22,24H,1H3. The van der Waals surface area contributed by atoms with Crippen LogP contribution in [0.4, 0.5) is 5.69 Å². The number of hydrogen-bond acceptors (Lipinski definition) is 4. The lowest BCUT2D eigenvalue weighted by molar-refractivity contribution is 0.0944. The Kier molecular flexibility index (Phi) is 4.62. The summed E-state index contributed by atoms with van der Waals surface area (Å²) in [6.07, 6.45) is 0. The van der Waals surface area contributed by atoms with Crippen LogP contribution in [0.5, 0.6) is 5.75 Å². The number of carbonyl (C=O) groups excluding carboxylic acids is 1. The molecule has 27 heavy (non-hydrogen) atoms. The number of hydrogen-bond donors (Lipinski definition) is 1. The maximum absolute atomic E-state index is 13.3. The van der Waals surface area contributed by atoms with Gasteiger partial charge in [0.1, 0.15) is 17.4 Å². The molecule has 1 N–H and O–H groups in total. The van der Waals surface area contributed by atoms with E-state index in [1.807, 2.05) is 78.9 Å². The molecule has 0 fully saturated rings. The topological polar surface area (TPSA) is 51.5 Å². The third kappa shape index (κ3) is 3.55. The van der Waals surface area contributed by atoms with E-state index in [1.54, 1.807) is 13.2 Å². The van der Waals surface area contributed by atoms with E-state index in [-0.39, 0.29) is 5.78 Å². The Morgan fingerprint density at radius 3 is 2.33 bits per heavy atom. The minimum Gasteiger partial charge on any atom is -0.497 e. The molecule has 0 spiro atoms. The molecular formula is C23H19NO3. The molecule has 1 heterocycles. The van der Waals surface area contributed by atoms with Crippen LogP contribution in [0.2, 0.25) is 0 Å². The fourth-order valence-electron chi connectivity index (χ4n) is 3.04. The highest BCUT2D eigenvalue weighted by molar-refractivity contribution is 6.02. The number of para-hydroxylation sites is 2. The zero-order valence-corrected chi connectivity index (χ0v) is 14.9. The van der Waals surface area contributed by atoms with Gasteiger partial charge in [-0.25, -0.2) is 0 Å². The summed E-state index contributed by atoms with van der Waals surface area (Å²) in [5.41, 5.74) is 2.40. The van der Waals surface area contributed by atoms with Crippen molar-refractivity contribution in [1.82, 2.24) is 0 Å². The number of nitrogens with one attached hydrogen (secondary N) is 1. The quantitative estimate of drug-likeness (QED) is 0.464. The summed E-state index contributed by atoms with van der Waals surface area (Å²) in [5, 5.41) is 4.24. The zero-order valence-electron chi connectivity index (χ0n) is 14.9. The number of rotatable bonds is 6. The van der Waals surface area contributed by atoms with Gasteiger partial charge in [-0.15, -0.1) is 0 Å². The normalized spacial score (nSPS) is 11.9. The van der Waals surface area contributed by atoms with Crippen LogP contribution in [0.15, 0.2) is 89.3 Å². The first-order valence-electron chi connectivity index (χ1n) is 8.73. The summed E-state index contributed by atoms with van der Waals surface area (Å²) in [7, 11) is 1.62. The molecule has 0 aliphatic heterocycles. The van der Waals surface area contributed by atoms with E-state index in [4.69, 9.17) is 9.15 Å². The molecule has 1 atom stereocenters. The number of anilines is 1. The summed E-state index contributed by atoms with van der Waals surface area (Å²) < 4.78 is 11.0. The molecule has 4 aromatic rings. The monoisotopic (exact) mass is 357 g/mol. The minimum atomic E-state index is -0.570. The Morgan fingerprint density at radius 1 is 0.926 bits per heavy atom. The van der Waals surface area contributed by atoms with Crippen LogP contribution in [-0.2, 0) is 0 Å². The van der Waals surface area contributed by atoms with Crippen molar-refractivity contribution in [3.63, 3.8) is 0 Å². The Labute approximate surface area is 157 Å². The molecule has 0 bridgehead atoms. The summed E-state index contributed by atoms with van der Waals surface area (Å²) in [5.74, 6) is 0.953. The highest BCUT2D eigenvalue weighted by Gasteiger charge is 2.25. The van der Waals surface area contributed by atoms with Crippen LogP contribution >= 0.6 is 0 Å². The fourth-order valence-corrected chi connectivity index (χ4v) is 3.04. The Morgan fingerprint density at radius 2 is 1.63 bits per heavy atom. The molecule has 3 aromatic carbocycles. The Balaban J connectivity index is 1.72. The first-order chi connectivity index (χ1) is 13.2. The van der Waals surface area contributed by atoms with Crippen LogP contribution < -0.4 is 10.1 Å². The maximum Gasteiger partial charge on any atom is 0.224 e. The predicted octanol–water partition coefficient (Wildman–Crippen LogP) is 5.48. The van der Waals surface area contributed by atoms with Crippen molar-refractivity contribution in [3.8, 4) is 5.75 Å². The summed E-state index contributed by atoms with van der Waals surface area (Å²) >= 11 is 0. The second-order valence-electron chi connectivity index (χ2n) is 6.23. The van der Waals surface area contributed by atoms with E-state index in [9.17, 15) is 4.79 Å². The first kappa shape index (κ1) is 16.9. The molecule has 0 amide bonds. The van der Waals surface area contributed by atoms with Crippen molar-refractivity contribution < 1.29 is 13.9 Å². The van der Waals surface area contributed by atoms with E-state index >= 15 is 0 Å². The number of furan rings is 1. The number of Topliss-reactive ketones (excluding diaryl/α,β-unsaturated/α-hetero) is 1. The van der Waals surface area contributed by atoms with Crippen molar-refractivity contribution >= 4 is 22.4 Å². The van der Waals surface area contributed by atoms with E-state index in [0.29, 0.717) is 11.3 Å². The van der Waals surface area contributed by atoms with E-state index < -0.39 is 6.04 Å². The average molecular weight is 357 g/mol. The highest BCUT2D eigenvalue weighted by Crippen LogP contribution is 2.28. The van der Waals surface area contributed by atoms with E-state index in [0.717, 1.165) is 22.4 Å². The molecular weight excluding hydrogens is 338 g/mol. The van der Waals surface area contributed by atoms with Crippen molar-refractivity contribution in [3.05, 3.63) is 96.3 Å². The summed E-state index contributed by atoms with van der Waals surface area (Å²) in [4.78, 5) is 13.3. The molecule has 0 radical (unpaired) electrons. The van der Waals surface area contributed by atoms with E-state index in [2.05, 4.69) is 5.32 Å².